The summed E-state index contributed by atoms with van der Waals surface area (Å²) in [7, 11) is 0. The summed E-state index contributed by atoms with van der Waals surface area (Å²) < 4.78 is 5.83. The normalized spacial score (nSPS) is 21.1. The van der Waals surface area contributed by atoms with E-state index in [0.717, 1.165) is 25.0 Å². The Balaban J connectivity index is 1.77. The van der Waals surface area contributed by atoms with Gasteiger partial charge in [0.25, 0.3) is 0 Å². The van der Waals surface area contributed by atoms with Crippen LogP contribution in [0.15, 0.2) is 48.5 Å². The number of rotatable bonds is 3. The van der Waals surface area contributed by atoms with Crippen LogP contribution >= 0.6 is 0 Å². The second kappa shape index (κ2) is 5.29. The molecule has 2 N–H and O–H groups in total. The number of aryl methyl sites for hydroxylation is 1. The average Bonchev–Trinajstić information content (AvgIpc) is 2.47. The smallest absolute Gasteiger partial charge is 0.122 e. The van der Waals surface area contributed by atoms with E-state index in [2.05, 4.69) is 37.3 Å². The van der Waals surface area contributed by atoms with Crippen molar-refractivity contribution in [2.45, 2.75) is 31.7 Å². The van der Waals surface area contributed by atoms with Crippen molar-refractivity contribution >= 4 is 0 Å². The highest BCUT2D eigenvalue weighted by atomic mass is 16.5. The third kappa shape index (κ3) is 2.70. The summed E-state index contributed by atoms with van der Waals surface area (Å²) >= 11 is 0. The van der Waals surface area contributed by atoms with Crippen LogP contribution in [0.1, 0.15) is 23.6 Å². The Labute approximate surface area is 120 Å². The van der Waals surface area contributed by atoms with Crippen molar-refractivity contribution in [3.63, 3.8) is 0 Å². The molecule has 1 aliphatic heterocycles. The van der Waals surface area contributed by atoms with Gasteiger partial charge in [0.2, 0.25) is 0 Å². The zero-order valence-electron chi connectivity index (χ0n) is 11.9. The fraction of sp³-hybridized carbons (Fsp3) is 0.333. The third-order valence-electron chi connectivity index (χ3n) is 4.02. The quantitative estimate of drug-likeness (QED) is 0.927. The standard InChI is InChI=1S/C18H21NO/c1-2-14-7-9-15(10-8-14)11-18(19)12-16-5-3-4-6-17(16)20-13-18/h3-10H,2,11-13,19H2,1H3. The minimum absolute atomic E-state index is 0.303. The summed E-state index contributed by atoms with van der Waals surface area (Å²) in [5.74, 6) is 0.981. The van der Waals surface area contributed by atoms with Gasteiger partial charge in [-0.15, -0.1) is 0 Å². The lowest BCUT2D eigenvalue weighted by Gasteiger charge is -2.34. The molecule has 1 heterocycles. The van der Waals surface area contributed by atoms with Crippen molar-refractivity contribution in [1.29, 1.82) is 0 Å². The Morgan fingerprint density at radius 3 is 2.50 bits per heavy atom. The maximum atomic E-state index is 6.55. The summed E-state index contributed by atoms with van der Waals surface area (Å²) in [6, 6.07) is 16.9. The van der Waals surface area contributed by atoms with Crippen LogP contribution in [0.3, 0.4) is 0 Å². The Morgan fingerprint density at radius 1 is 1.05 bits per heavy atom. The molecule has 104 valence electrons. The van der Waals surface area contributed by atoms with Crippen LogP contribution in [-0.4, -0.2) is 12.1 Å². The van der Waals surface area contributed by atoms with Crippen LogP contribution in [0.25, 0.3) is 0 Å². The van der Waals surface area contributed by atoms with E-state index in [9.17, 15) is 0 Å². The Bertz CT molecular complexity index is 591. The van der Waals surface area contributed by atoms with E-state index in [4.69, 9.17) is 10.5 Å². The molecule has 1 aliphatic rings. The van der Waals surface area contributed by atoms with Crippen LogP contribution in [0.4, 0.5) is 0 Å². The number of benzene rings is 2. The fourth-order valence-electron chi connectivity index (χ4n) is 2.86. The Morgan fingerprint density at radius 2 is 1.75 bits per heavy atom. The fourth-order valence-corrected chi connectivity index (χ4v) is 2.86. The minimum Gasteiger partial charge on any atom is -0.491 e. The monoisotopic (exact) mass is 267 g/mol. The van der Waals surface area contributed by atoms with Gasteiger partial charge < -0.3 is 10.5 Å². The van der Waals surface area contributed by atoms with Crippen LogP contribution in [0.2, 0.25) is 0 Å². The molecule has 20 heavy (non-hydrogen) atoms. The number of para-hydroxylation sites is 1. The number of ether oxygens (including phenoxy) is 1. The first kappa shape index (κ1) is 13.2. The van der Waals surface area contributed by atoms with Gasteiger partial charge in [0.05, 0.1) is 5.54 Å². The molecule has 0 amide bonds. The number of fused-ring (bicyclic) bond motifs is 1. The van der Waals surface area contributed by atoms with E-state index in [0.29, 0.717) is 6.61 Å². The number of hydrogen-bond acceptors (Lipinski definition) is 2. The molecule has 0 aromatic heterocycles. The van der Waals surface area contributed by atoms with Gasteiger partial charge >= 0.3 is 0 Å². The van der Waals surface area contributed by atoms with Crippen LogP contribution < -0.4 is 10.5 Å². The summed E-state index contributed by atoms with van der Waals surface area (Å²) in [6.45, 7) is 2.75. The van der Waals surface area contributed by atoms with Gasteiger partial charge in [0.1, 0.15) is 12.4 Å². The third-order valence-corrected chi connectivity index (χ3v) is 4.02. The molecular weight excluding hydrogens is 246 g/mol. The topological polar surface area (TPSA) is 35.2 Å². The van der Waals surface area contributed by atoms with Crippen molar-refractivity contribution in [1.82, 2.24) is 0 Å². The first-order chi connectivity index (χ1) is 9.68. The van der Waals surface area contributed by atoms with Gasteiger partial charge in [-0.25, -0.2) is 0 Å². The van der Waals surface area contributed by atoms with Crippen molar-refractivity contribution in [2.75, 3.05) is 6.61 Å². The predicted molar refractivity (Wildman–Crippen MR) is 82.1 cm³/mol. The van der Waals surface area contributed by atoms with Crippen LogP contribution in [-0.2, 0) is 19.3 Å². The highest BCUT2D eigenvalue weighted by molar-refractivity contribution is 5.37. The Hall–Kier alpha value is -1.80. The van der Waals surface area contributed by atoms with E-state index in [1.165, 1.54) is 16.7 Å². The molecule has 2 heteroatoms. The molecule has 0 saturated heterocycles. The first-order valence-electron chi connectivity index (χ1n) is 7.26. The molecule has 0 bridgehead atoms. The van der Waals surface area contributed by atoms with E-state index in [-0.39, 0.29) is 5.54 Å². The van der Waals surface area contributed by atoms with E-state index < -0.39 is 0 Å². The van der Waals surface area contributed by atoms with E-state index in [1.807, 2.05) is 18.2 Å². The van der Waals surface area contributed by atoms with Gasteiger partial charge in [0, 0.05) is 0 Å². The lowest BCUT2D eigenvalue weighted by atomic mass is 9.84. The summed E-state index contributed by atoms with van der Waals surface area (Å²) in [5, 5.41) is 0. The summed E-state index contributed by atoms with van der Waals surface area (Å²) in [5.41, 5.74) is 10.1. The van der Waals surface area contributed by atoms with Crippen molar-refractivity contribution in [3.05, 3.63) is 65.2 Å². The molecule has 1 unspecified atom stereocenters. The molecule has 0 spiro atoms. The highest BCUT2D eigenvalue weighted by Crippen LogP contribution is 2.29. The molecule has 2 aromatic carbocycles. The maximum absolute atomic E-state index is 6.55. The van der Waals surface area contributed by atoms with Crippen molar-refractivity contribution in [2.24, 2.45) is 5.73 Å². The van der Waals surface area contributed by atoms with Gasteiger partial charge in [0.15, 0.2) is 0 Å². The van der Waals surface area contributed by atoms with Crippen molar-refractivity contribution in [3.8, 4) is 5.75 Å². The zero-order valence-corrected chi connectivity index (χ0v) is 11.9. The molecule has 0 radical (unpaired) electrons. The van der Waals surface area contributed by atoms with Crippen LogP contribution in [0.5, 0.6) is 5.75 Å². The van der Waals surface area contributed by atoms with Gasteiger partial charge in [-0.05, 0) is 42.0 Å². The van der Waals surface area contributed by atoms with E-state index >= 15 is 0 Å². The molecule has 2 nitrogen and oxygen atoms in total. The molecule has 3 rings (SSSR count). The summed E-state index contributed by atoms with van der Waals surface area (Å²) in [4.78, 5) is 0. The summed E-state index contributed by atoms with van der Waals surface area (Å²) in [6.07, 6.45) is 2.80. The number of nitrogens with two attached hydrogens (primary N) is 1. The van der Waals surface area contributed by atoms with Gasteiger partial charge in [-0.1, -0.05) is 49.4 Å². The first-order valence-corrected chi connectivity index (χ1v) is 7.26. The molecule has 0 saturated carbocycles. The van der Waals surface area contributed by atoms with Crippen molar-refractivity contribution < 1.29 is 4.74 Å². The molecule has 0 fully saturated rings. The largest absolute Gasteiger partial charge is 0.491 e. The molecule has 0 aliphatic carbocycles. The highest BCUT2D eigenvalue weighted by Gasteiger charge is 2.31. The second-order valence-corrected chi connectivity index (χ2v) is 5.78. The molecule has 2 aromatic rings. The average molecular weight is 267 g/mol. The van der Waals surface area contributed by atoms with Crippen LogP contribution in [0, 0.1) is 0 Å². The second-order valence-electron chi connectivity index (χ2n) is 5.78. The van der Waals surface area contributed by atoms with Gasteiger partial charge in [-0.3, -0.25) is 0 Å². The van der Waals surface area contributed by atoms with Gasteiger partial charge in [-0.2, -0.15) is 0 Å². The maximum Gasteiger partial charge on any atom is 0.122 e. The molecule has 1 atom stereocenters. The lowest BCUT2D eigenvalue weighted by Crippen LogP contribution is -2.51. The molecular formula is C18H21NO. The minimum atomic E-state index is -0.303. The SMILES string of the molecule is CCc1ccc(CC2(N)COc3ccccc3C2)cc1. The predicted octanol–water partition coefficient (Wildman–Crippen LogP) is 3.12. The lowest BCUT2D eigenvalue weighted by molar-refractivity contribution is 0.190. The number of hydrogen-bond donors (Lipinski definition) is 1. The van der Waals surface area contributed by atoms with E-state index in [1.54, 1.807) is 0 Å². The zero-order chi connectivity index (χ0) is 14.0. The Kier molecular flexibility index (Phi) is 3.49.